The van der Waals surface area contributed by atoms with Gasteiger partial charge >= 0.3 is 5.97 Å². The highest BCUT2D eigenvalue weighted by molar-refractivity contribution is 5.70. The average Bonchev–Trinajstić information content (AvgIpc) is 3.20. The summed E-state index contributed by atoms with van der Waals surface area (Å²) in [7, 11) is 1.32. The molecule has 0 unspecified atom stereocenters. The maximum absolute atomic E-state index is 10.9. The van der Waals surface area contributed by atoms with Crippen LogP contribution in [0.2, 0.25) is 0 Å². The second kappa shape index (κ2) is 51.0. The zero-order valence-electron chi connectivity index (χ0n) is 34.8. The molecule has 0 fully saturated rings. The maximum atomic E-state index is 10.9. The van der Waals surface area contributed by atoms with Gasteiger partial charge in [-0.2, -0.15) is 0 Å². The smallest absolute Gasteiger partial charge is 0.331 e. The highest BCUT2D eigenvalue weighted by atomic mass is 16.6. The van der Waals surface area contributed by atoms with E-state index in [0.717, 1.165) is 13.0 Å². The van der Waals surface area contributed by atoms with Crippen molar-refractivity contribution in [2.45, 2.75) is 77.6 Å². The number of hydrogen-bond donors (Lipinski definition) is 0. The third-order valence-electron chi connectivity index (χ3n) is 7.80. The highest BCUT2D eigenvalue weighted by Gasteiger charge is 2.00. The minimum Gasteiger partial charge on any atom is -0.467 e. The highest BCUT2D eigenvalue weighted by Crippen LogP contribution is 2.11. The maximum Gasteiger partial charge on any atom is 0.331 e. The molecule has 0 bridgehead atoms. The number of methoxy groups -OCH3 is 1. The van der Waals surface area contributed by atoms with Gasteiger partial charge in [-0.15, -0.1) is 0 Å². The van der Waals surface area contributed by atoms with Crippen molar-refractivity contribution in [3.05, 3.63) is 0 Å². The number of carbonyl (C=O) groups is 1. The molecule has 0 aliphatic carbocycles. The lowest BCUT2D eigenvalue weighted by molar-refractivity contribution is -0.146. The average molecular weight is 801 g/mol. The number of ether oxygens (including phenoxy) is 14. The van der Waals surface area contributed by atoms with E-state index < -0.39 is 5.97 Å². The second-order valence-corrected chi connectivity index (χ2v) is 12.5. The normalized spacial score (nSPS) is 11.5. The summed E-state index contributed by atoms with van der Waals surface area (Å²) in [4.78, 5) is 10.9. The van der Waals surface area contributed by atoms with Crippen LogP contribution in [0, 0.1) is 0 Å². The van der Waals surface area contributed by atoms with Crippen molar-refractivity contribution in [3.8, 4) is 0 Å². The van der Waals surface area contributed by atoms with Crippen molar-refractivity contribution in [2.75, 3.05) is 179 Å². The molecule has 0 saturated heterocycles. The molecule has 330 valence electrons. The van der Waals surface area contributed by atoms with Crippen LogP contribution in [0.3, 0.4) is 0 Å². The van der Waals surface area contributed by atoms with Crippen molar-refractivity contribution in [3.63, 3.8) is 0 Å². The predicted molar refractivity (Wildman–Crippen MR) is 209 cm³/mol. The van der Waals surface area contributed by atoms with E-state index in [1.807, 2.05) is 0 Å². The molecule has 55 heavy (non-hydrogen) atoms. The first kappa shape index (κ1) is 53.9. The van der Waals surface area contributed by atoms with Crippen LogP contribution in [0.1, 0.15) is 77.6 Å². The summed E-state index contributed by atoms with van der Waals surface area (Å²) in [6.07, 6.45) is 14.8. The van der Waals surface area contributed by atoms with Crippen LogP contribution < -0.4 is 0 Å². The van der Waals surface area contributed by atoms with Crippen LogP contribution in [-0.4, -0.2) is 185 Å². The van der Waals surface area contributed by atoms with Gasteiger partial charge in [-0.1, -0.05) is 71.1 Å². The van der Waals surface area contributed by atoms with Crippen molar-refractivity contribution in [1.82, 2.24) is 0 Å². The molecule has 0 aromatic heterocycles. The van der Waals surface area contributed by atoms with Gasteiger partial charge in [-0.3, -0.25) is 0 Å². The molecule has 15 nitrogen and oxygen atoms in total. The second-order valence-electron chi connectivity index (χ2n) is 12.5. The topological polar surface area (TPSA) is 146 Å². The molecule has 15 heteroatoms. The Morgan fingerprint density at radius 2 is 0.473 bits per heavy atom. The van der Waals surface area contributed by atoms with Crippen LogP contribution in [0.15, 0.2) is 0 Å². The van der Waals surface area contributed by atoms with Gasteiger partial charge in [-0.05, 0) is 6.42 Å². The fourth-order valence-corrected chi connectivity index (χ4v) is 4.72. The SMILES string of the molecule is CCCCCCCCCCCCCOCCOCCOCCOCCOCCOCCOCCOCCOCCOCCOCCOCCOCC(=O)OC. The monoisotopic (exact) mass is 801 g/mol. The molecular formula is C40H80O15. The van der Waals surface area contributed by atoms with Crippen molar-refractivity contribution in [2.24, 2.45) is 0 Å². The molecule has 0 aliphatic rings. The Labute approximate surface area is 333 Å². The van der Waals surface area contributed by atoms with Gasteiger partial charge in [0.2, 0.25) is 0 Å². The molecule has 0 heterocycles. The first-order chi connectivity index (χ1) is 27.3. The van der Waals surface area contributed by atoms with Gasteiger partial charge in [0.25, 0.3) is 0 Å². The summed E-state index contributed by atoms with van der Waals surface area (Å²) in [5.74, 6) is -0.407. The Morgan fingerprint density at radius 1 is 0.273 bits per heavy atom. The van der Waals surface area contributed by atoms with Crippen molar-refractivity contribution in [1.29, 1.82) is 0 Å². The Balaban J connectivity index is 3.06. The van der Waals surface area contributed by atoms with Gasteiger partial charge in [0.1, 0.15) is 6.61 Å². The first-order valence-corrected chi connectivity index (χ1v) is 20.9. The van der Waals surface area contributed by atoms with E-state index in [1.54, 1.807) is 0 Å². The quantitative estimate of drug-likeness (QED) is 0.0619. The number of esters is 1. The fourth-order valence-electron chi connectivity index (χ4n) is 4.72. The zero-order chi connectivity index (χ0) is 39.6. The zero-order valence-corrected chi connectivity index (χ0v) is 34.8. The van der Waals surface area contributed by atoms with E-state index in [4.69, 9.17) is 61.6 Å². The molecule has 0 aromatic rings. The summed E-state index contributed by atoms with van der Waals surface area (Å²) >= 11 is 0. The van der Waals surface area contributed by atoms with E-state index in [0.29, 0.717) is 159 Å². The summed E-state index contributed by atoms with van der Waals surface area (Å²) in [5.41, 5.74) is 0. The molecule has 0 atom stereocenters. The lowest BCUT2D eigenvalue weighted by atomic mass is 10.1. The van der Waals surface area contributed by atoms with Gasteiger partial charge in [0, 0.05) is 6.61 Å². The minimum absolute atomic E-state index is 0.0704. The van der Waals surface area contributed by atoms with E-state index in [-0.39, 0.29) is 6.61 Å². The molecule has 0 radical (unpaired) electrons. The molecule has 0 N–H and O–H groups in total. The lowest BCUT2D eigenvalue weighted by Gasteiger charge is -2.09. The third-order valence-corrected chi connectivity index (χ3v) is 7.80. The summed E-state index contributed by atoms with van der Waals surface area (Å²) < 4.78 is 75.5. The van der Waals surface area contributed by atoms with E-state index in [2.05, 4.69) is 11.7 Å². The number of rotatable bonds is 50. The Morgan fingerprint density at radius 3 is 0.709 bits per heavy atom. The van der Waals surface area contributed by atoms with E-state index in [1.165, 1.54) is 71.3 Å². The third kappa shape index (κ3) is 50.9. The number of unbranched alkanes of at least 4 members (excludes halogenated alkanes) is 10. The van der Waals surface area contributed by atoms with Crippen LogP contribution >= 0.6 is 0 Å². The van der Waals surface area contributed by atoms with Crippen LogP contribution in [0.25, 0.3) is 0 Å². The molecule has 0 amide bonds. The van der Waals surface area contributed by atoms with Gasteiger partial charge < -0.3 is 66.3 Å². The first-order valence-electron chi connectivity index (χ1n) is 20.9. The Bertz CT molecular complexity index is 707. The molecule has 0 saturated carbocycles. The van der Waals surface area contributed by atoms with E-state index >= 15 is 0 Å². The lowest BCUT2D eigenvalue weighted by Crippen LogP contribution is -2.16. The Hall–Kier alpha value is -1.05. The molecule has 0 spiro atoms. The molecular weight excluding hydrogens is 720 g/mol. The van der Waals surface area contributed by atoms with Gasteiger partial charge in [-0.25, -0.2) is 4.79 Å². The summed E-state index contributed by atoms with van der Waals surface area (Å²) in [6.45, 7) is 15.1. The fraction of sp³-hybridized carbons (Fsp3) is 0.975. The van der Waals surface area contributed by atoms with Crippen molar-refractivity contribution < 1.29 is 71.1 Å². The number of hydrogen-bond acceptors (Lipinski definition) is 15. The molecule has 0 rings (SSSR count). The molecule has 0 aliphatic heterocycles. The van der Waals surface area contributed by atoms with Crippen LogP contribution in [0.4, 0.5) is 0 Å². The standard InChI is InChI=1S/C40H80O15/c1-3-4-5-6-7-8-9-10-11-12-13-14-43-15-16-44-17-18-45-19-20-46-21-22-47-23-24-48-25-26-49-27-28-50-29-30-51-31-32-52-33-34-53-35-36-54-37-38-55-39-40(41)42-2/h3-39H2,1-2H3. The predicted octanol–water partition coefficient (Wildman–Crippen LogP) is 4.69. The largest absolute Gasteiger partial charge is 0.467 e. The van der Waals surface area contributed by atoms with Gasteiger partial charge in [0.15, 0.2) is 0 Å². The summed E-state index contributed by atoms with van der Waals surface area (Å²) in [6, 6.07) is 0. The van der Waals surface area contributed by atoms with E-state index in [9.17, 15) is 4.79 Å². The molecule has 0 aromatic carbocycles. The van der Waals surface area contributed by atoms with Gasteiger partial charge in [0.05, 0.1) is 166 Å². The number of carbonyl (C=O) groups excluding carboxylic acids is 1. The van der Waals surface area contributed by atoms with Crippen LogP contribution in [-0.2, 0) is 71.1 Å². The van der Waals surface area contributed by atoms with Crippen molar-refractivity contribution >= 4 is 5.97 Å². The minimum atomic E-state index is -0.407. The van der Waals surface area contributed by atoms with Crippen LogP contribution in [0.5, 0.6) is 0 Å². The summed E-state index contributed by atoms with van der Waals surface area (Å²) in [5, 5.41) is 0. The Kier molecular flexibility index (Phi) is 50.0.